The first-order valence-electron chi connectivity index (χ1n) is 5.97. The van der Waals surface area contributed by atoms with Crippen molar-refractivity contribution in [2.75, 3.05) is 10.5 Å². The van der Waals surface area contributed by atoms with Gasteiger partial charge in [0.25, 0.3) is 10.0 Å². The molecule has 0 atom stereocenters. The van der Waals surface area contributed by atoms with Gasteiger partial charge in [-0.1, -0.05) is 0 Å². The van der Waals surface area contributed by atoms with Gasteiger partial charge in [-0.25, -0.2) is 17.8 Å². The van der Waals surface area contributed by atoms with Crippen molar-refractivity contribution in [3.05, 3.63) is 48.5 Å². The van der Waals surface area contributed by atoms with Crippen molar-refractivity contribution in [3.8, 4) is 0 Å². The van der Waals surface area contributed by atoms with Gasteiger partial charge in [0.1, 0.15) is 16.4 Å². The van der Waals surface area contributed by atoms with Gasteiger partial charge in [-0.2, -0.15) is 0 Å². The molecule has 2 aromatic heterocycles. The van der Waals surface area contributed by atoms with Crippen molar-refractivity contribution >= 4 is 32.4 Å². The summed E-state index contributed by atoms with van der Waals surface area (Å²) in [5.41, 5.74) is 6.23. The van der Waals surface area contributed by atoms with E-state index in [4.69, 9.17) is 5.73 Å². The summed E-state index contributed by atoms with van der Waals surface area (Å²) < 4.78 is 40.3. The lowest BCUT2D eigenvalue weighted by Gasteiger charge is -2.09. The van der Waals surface area contributed by atoms with Crippen LogP contribution < -0.4 is 10.5 Å². The fourth-order valence-corrected chi connectivity index (χ4v) is 3.21. The van der Waals surface area contributed by atoms with Crippen LogP contribution >= 0.6 is 0 Å². The molecule has 21 heavy (non-hydrogen) atoms. The Morgan fingerprint density at radius 2 is 2.10 bits per heavy atom. The molecular formula is C13H11FN4O2S. The summed E-state index contributed by atoms with van der Waals surface area (Å²) in [5, 5.41) is 0.444. The van der Waals surface area contributed by atoms with E-state index >= 15 is 0 Å². The third kappa shape index (κ3) is 2.40. The molecule has 0 saturated heterocycles. The maximum absolute atomic E-state index is 13.2. The highest BCUT2D eigenvalue weighted by Gasteiger charge is 2.20. The minimum Gasteiger partial charge on any atom is -0.397 e. The van der Waals surface area contributed by atoms with Crippen LogP contribution in [0, 0.1) is 5.82 Å². The van der Waals surface area contributed by atoms with Crippen LogP contribution in [0.3, 0.4) is 0 Å². The van der Waals surface area contributed by atoms with E-state index in [0.29, 0.717) is 11.0 Å². The number of rotatable bonds is 3. The van der Waals surface area contributed by atoms with E-state index in [2.05, 4.69) is 14.7 Å². The zero-order valence-corrected chi connectivity index (χ0v) is 11.5. The van der Waals surface area contributed by atoms with Crippen molar-refractivity contribution in [2.24, 2.45) is 0 Å². The van der Waals surface area contributed by atoms with Gasteiger partial charge in [0.15, 0.2) is 0 Å². The molecule has 0 saturated carbocycles. The molecule has 8 heteroatoms. The smallest absolute Gasteiger partial charge is 0.264 e. The fourth-order valence-electron chi connectivity index (χ4n) is 1.97. The number of hydrogen-bond donors (Lipinski definition) is 3. The first-order valence-corrected chi connectivity index (χ1v) is 7.45. The highest BCUT2D eigenvalue weighted by atomic mass is 32.2. The number of pyridine rings is 1. The second-order valence-electron chi connectivity index (χ2n) is 4.39. The van der Waals surface area contributed by atoms with Crippen LogP contribution in [0.1, 0.15) is 0 Å². The molecule has 0 aliphatic heterocycles. The van der Waals surface area contributed by atoms with Gasteiger partial charge in [0.2, 0.25) is 0 Å². The van der Waals surface area contributed by atoms with Gasteiger partial charge in [-0.05, 0) is 24.3 Å². The number of nitrogens with one attached hydrogen (secondary N) is 2. The average molecular weight is 306 g/mol. The summed E-state index contributed by atoms with van der Waals surface area (Å²) >= 11 is 0. The number of benzene rings is 1. The summed E-state index contributed by atoms with van der Waals surface area (Å²) in [7, 11) is -3.90. The molecule has 0 aliphatic carbocycles. The van der Waals surface area contributed by atoms with Gasteiger partial charge in [-0.15, -0.1) is 0 Å². The van der Waals surface area contributed by atoms with E-state index in [9.17, 15) is 12.8 Å². The Bertz CT molecular complexity index is 921. The number of halogens is 1. The molecule has 0 radical (unpaired) electrons. The molecular weight excluding hydrogens is 295 g/mol. The highest BCUT2D eigenvalue weighted by Crippen LogP contribution is 2.26. The Kier molecular flexibility index (Phi) is 3.02. The number of hydrogen-bond acceptors (Lipinski definition) is 4. The summed E-state index contributed by atoms with van der Waals surface area (Å²) in [6, 6.07) is 6.74. The van der Waals surface area contributed by atoms with E-state index < -0.39 is 15.8 Å². The first kappa shape index (κ1) is 13.4. The van der Waals surface area contributed by atoms with Crippen molar-refractivity contribution in [2.45, 2.75) is 4.90 Å². The number of H-pyrrole nitrogens is 1. The molecule has 0 bridgehead atoms. The number of sulfonamides is 1. The minimum absolute atomic E-state index is 0.00626. The first-order chi connectivity index (χ1) is 9.97. The Labute approximate surface area is 119 Å². The van der Waals surface area contributed by atoms with Crippen molar-refractivity contribution < 1.29 is 12.8 Å². The van der Waals surface area contributed by atoms with Gasteiger partial charge in [0.05, 0.1) is 11.4 Å². The lowest BCUT2D eigenvalue weighted by atomic mass is 10.3. The van der Waals surface area contributed by atoms with Crippen LogP contribution in [0.25, 0.3) is 11.0 Å². The number of fused-ring (bicyclic) bond motifs is 1. The minimum atomic E-state index is -3.90. The predicted molar refractivity (Wildman–Crippen MR) is 77.7 cm³/mol. The van der Waals surface area contributed by atoms with E-state index in [1.807, 2.05) is 0 Å². The summed E-state index contributed by atoms with van der Waals surface area (Å²) in [4.78, 5) is 6.81. The molecule has 4 N–H and O–H groups in total. The molecule has 2 heterocycles. The number of aromatic nitrogens is 2. The van der Waals surface area contributed by atoms with E-state index in [1.54, 1.807) is 18.3 Å². The number of nitrogen functional groups attached to an aromatic ring is 1. The van der Waals surface area contributed by atoms with Crippen LogP contribution in [0.2, 0.25) is 0 Å². The third-order valence-electron chi connectivity index (χ3n) is 2.96. The monoisotopic (exact) mass is 306 g/mol. The van der Waals surface area contributed by atoms with Gasteiger partial charge < -0.3 is 10.7 Å². The zero-order chi connectivity index (χ0) is 15.0. The number of nitrogens with zero attached hydrogens (tertiary/aromatic N) is 1. The van der Waals surface area contributed by atoms with Gasteiger partial charge in [-0.3, -0.25) is 4.72 Å². The number of anilines is 2. The number of aromatic amines is 1. The SMILES string of the molecule is Nc1ccc(F)cc1NS(=O)(=O)c1c[nH]c2ncccc12. The van der Waals surface area contributed by atoms with Crippen molar-refractivity contribution in [3.63, 3.8) is 0 Å². The lowest BCUT2D eigenvalue weighted by molar-refractivity contribution is 0.602. The topological polar surface area (TPSA) is 101 Å². The standard InChI is InChI=1S/C13H11FN4O2S/c14-8-3-4-10(15)11(6-8)18-21(19,20)12-7-17-13-9(12)2-1-5-16-13/h1-7,18H,15H2,(H,16,17). The highest BCUT2D eigenvalue weighted by molar-refractivity contribution is 7.93. The Hall–Kier alpha value is -2.61. The van der Waals surface area contributed by atoms with Crippen LogP contribution in [-0.2, 0) is 10.0 Å². The van der Waals surface area contributed by atoms with Gasteiger partial charge in [0, 0.05) is 23.8 Å². The molecule has 3 aromatic rings. The maximum Gasteiger partial charge on any atom is 0.264 e. The van der Waals surface area contributed by atoms with Crippen LogP contribution in [0.5, 0.6) is 0 Å². The van der Waals surface area contributed by atoms with E-state index in [0.717, 1.165) is 12.1 Å². The van der Waals surface area contributed by atoms with Crippen molar-refractivity contribution in [1.29, 1.82) is 0 Å². The molecule has 0 spiro atoms. The predicted octanol–water partition coefficient (Wildman–Crippen LogP) is 2.08. The van der Waals surface area contributed by atoms with Crippen molar-refractivity contribution in [1.82, 2.24) is 9.97 Å². The normalized spacial score (nSPS) is 11.7. The van der Waals surface area contributed by atoms with Crippen LogP contribution in [0.4, 0.5) is 15.8 Å². The molecule has 108 valence electrons. The second kappa shape index (κ2) is 4.74. The Balaban J connectivity index is 2.07. The molecule has 0 amide bonds. The molecule has 1 aromatic carbocycles. The van der Waals surface area contributed by atoms with Crippen LogP contribution in [-0.4, -0.2) is 18.4 Å². The second-order valence-corrected chi connectivity index (χ2v) is 6.04. The fraction of sp³-hybridized carbons (Fsp3) is 0. The quantitative estimate of drug-likeness (QED) is 0.645. The molecule has 3 rings (SSSR count). The lowest BCUT2D eigenvalue weighted by Crippen LogP contribution is -2.14. The summed E-state index contributed by atoms with van der Waals surface area (Å²) in [6.45, 7) is 0. The molecule has 6 nitrogen and oxygen atoms in total. The van der Waals surface area contributed by atoms with Gasteiger partial charge >= 0.3 is 0 Å². The van der Waals surface area contributed by atoms with Crippen LogP contribution in [0.15, 0.2) is 47.6 Å². The van der Waals surface area contributed by atoms with E-state index in [-0.39, 0.29) is 16.3 Å². The maximum atomic E-state index is 13.2. The summed E-state index contributed by atoms with van der Waals surface area (Å²) in [6.07, 6.45) is 2.88. The Morgan fingerprint density at radius 3 is 2.90 bits per heavy atom. The zero-order valence-electron chi connectivity index (χ0n) is 10.7. The average Bonchev–Trinajstić information content (AvgIpc) is 2.87. The number of nitrogens with two attached hydrogens (primary N) is 1. The largest absolute Gasteiger partial charge is 0.397 e. The summed E-state index contributed by atoms with van der Waals surface area (Å²) in [5.74, 6) is -0.581. The Morgan fingerprint density at radius 1 is 1.29 bits per heavy atom. The third-order valence-corrected chi connectivity index (χ3v) is 4.37. The molecule has 0 unspecified atom stereocenters. The molecule has 0 aliphatic rings. The molecule has 0 fully saturated rings. The van der Waals surface area contributed by atoms with E-state index in [1.165, 1.54) is 12.3 Å².